The van der Waals surface area contributed by atoms with Crippen LogP contribution in [0.1, 0.15) is 43.1 Å². The molecule has 25 heavy (non-hydrogen) atoms. The van der Waals surface area contributed by atoms with Gasteiger partial charge >= 0.3 is 0 Å². The summed E-state index contributed by atoms with van der Waals surface area (Å²) in [5.74, 6) is 1.48. The second kappa shape index (κ2) is 6.61. The van der Waals surface area contributed by atoms with Gasteiger partial charge < -0.3 is 10.4 Å². The molecule has 1 aromatic carbocycles. The van der Waals surface area contributed by atoms with Crippen LogP contribution in [-0.2, 0) is 11.2 Å². The molecular weight excluding hydrogens is 340 g/mol. The zero-order chi connectivity index (χ0) is 17.4. The van der Waals surface area contributed by atoms with E-state index in [0.717, 1.165) is 29.7 Å². The Kier molecular flexibility index (Phi) is 4.31. The van der Waals surface area contributed by atoms with Gasteiger partial charge in [-0.2, -0.15) is 10.1 Å². The van der Waals surface area contributed by atoms with Crippen molar-refractivity contribution in [3.8, 4) is 0 Å². The highest BCUT2D eigenvalue weighted by molar-refractivity contribution is 6.30. The molecule has 2 heterocycles. The van der Waals surface area contributed by atoms with E-state index in [1.54, 1.807) is 4.68 Å². The summed E-state index contributed by atoms with van der Waals surface area (Å²) in [7, 11) is 0. The third kappa shape index (κ3) is 2.96. The summed E-state index contributed by atoms with van der Waals surface area (Å²) in [5.41, 5.74) is 2.69. The number of nitrogens with one attached hydrogen (secondary N) is 1. The normalized spacial score (nSPS) is 19.4. The number of carbonyl (C=O) groups excluding carboxylic acids is 1. The third-order valence-electron chi connectivity index (χ3n) is 4.66. The van der Waals surface area contributed by atoms with E-state index in [0.29, 0.717) is 36.1 Å². The van der Waals surface area contributed by atoms with E-state index in [1.165, 1.54) is 0 Å². The minimum atomic E-state index is -0.285. The number of aryl methyl sites for hydroxylation is 1. The summed E-state index contributed by atoms with van der Waals surface area (Å²) >= 11 is 6.03. The molecule has 1 unspecified atom stereocenters. The maximum absolute atomic E-state index is 12.6. The minimum absolute atomic E-state index is 0.102. The van der Waals surface area contributed by atoms with Crippen LogP contribution < -0.4 is 5.32 Å². The molecule has 0 bridgehead atoms. The van der Waals surface area contributed by atoms with Crippen LogP contribution in [-0.4, -0.2) is 32.3 Å². The summed E-state index contributed by atoms with van der Waals surface area (Å²) in [6, 6.07) is 7.24. The van der Waals surface area contributed by atoms with Crippen molar-refractivity contribution >= 4 is 23.3 Å². The molecule has 1 aromatic heterocycles. The Labute approximate surface area is 150 Å². The number of allylic oxidation sites excluding steroid dienone is 2. The number of nitrogens with zero attached hydrogens (tertiary/aromatic N) is 3. The number of halogens is 1. The number of Topliss-reactive ketones (excluding diaryl/α,β-unsaturated/α-hetero) is 1. The second-order valence-corrected chi connectivity index (χ2v) is 6.81. The number of aliphatic hydroxyl groups is 1. The molecule has 6 nitrogen and oxygen atoms in total. The van der Waals surface area contributed by atoms with Crippen molar-refractivity contribution in [1.29, 1.82) is 0 Å². The highest BCUT2D eigenvalue weighted by Crippen LogP contribution is 2.40. The Morgan fingerprint density at radius 2 is 2.08 bits per heavy atom. The van der Waals surface area contributed by atoms with Gasteiger partial charge in [0.15, 0.2) is 11.6 Å². The van der Waals surface area contributed by atoms with Gasteiger partial charge in [0.25, 0.3) is 0 Å². The number of rotatable bonds is 4. The van der Waals surface area contributed by atoms with E-state index in [4.69, 9.17) is 16.7 Å². The van der Waals surface area contributed by atoms with Gasteiger partial charge in [0.05, 0.1) is 0 Å². The highest BCUT2D eigenvalue weighted by Gasteiger charge is 2.36. The predicted octanol–water partition coefficient (Wildman–Crippen LogP) is 2.88. The standard InChI is InChI=1S/C18H19ClN4O2/c19-12-8-6-11(7-9-12)17-16-13(3-1-4-14(16)25)20-18-21-15(5-2-10-24)22-23(17)18/h6-9,17,24H,1-5,10H2,(H,20,21,22). The second-order valence-electron chi connectivity index (χ2n) is 6.37. The molecule has 1 atom stereocenters. The highest BCUT2D eigenvalue weighted by atomic mass is 35.5. The lowest BCUT2D eigenvalue weighted by atomic mass is 9.85. The number of anilines is 1. The van der Waals surface area contributed by atoms with Crippen LogP contribution in [0.3, 0.4) is 0 Å². The predicted molar refractivity (Wildman–Crippen MR) is 94.5 cm³/mol. The monoisotopic (exact) mass is 358 g/mol. The Morgan fingerprint density at radius 3 is 2.84 bits per heavy atom. The van der Waals surface area contributed by atoms with Crippen LogP contribution in [0.25, 0.3) is 0 Å². The first kappa shape index (κ1) is 16.3. The van der Waals surface area contributed by atoms with E-state index >= 15 is 0 Å². The first-order chi connectivity index (χ1) is 12.2. The average molecular weight is 359 g/mol. The first-order valence-electron chi connectivity index (χ1n) is 8.52. The fourth-order valence-electron chi connectivity index (χ4n) is 3.50. The fraction of sp³-hybridized carbons (Fsp3) is 0.389. The fourth-order valence-corrected chi connectivity index (χ4v) is 3.62. The number of benzene rings is 1. The minimum Gasteiger partial charge on any atom is -0.396 e. The SMILES string of the molecule is O=C1CCCC2=C1C(c1ccc(Cl)cc1)n1nc(CCCO)nc1N2. The van der Waals surface area contributed by atoms with E-state index < -0.39 is 0 Å². The van der Waals surface area contributed by atoms with Crippen LogP contribution in [0.5, 0.6) is 0 Å². The van der Waals surface area contributed by atoms with Gasteiger partial charge in [-0.3, -0.25) is 4.79 Å². The van der Waals surface area contributed by atoms with Gasteiger partial charge in [0, 0.05) is 35.7 Å². The lowest BCUT2D eigenvalue weighted by Gasteiger charge is -2.32. The van der Waals surface area contributed by atoms with E-state index in [9.17, 15) is 4.79 Å². The van der Waals surface area contributed by atoms with Gasteiger partial charge in [-0.15, -0.1) is 0 Å². The number of aliphatic hydroxyl groups excluding tert-OH is 1. The molecule has 2 aliphatic rings. The molecule has 0 amide bonds. The van der Waals surface area contributed by atoms with E-state index in [1.807, 2.05) is 24.3 Å². The molecule has 130 valence electrons. The Morgan fingerprint density at radius 1 is 1.28 bits per heavy atom. The van der Waals surface area contributed by atoms with Crippen molar-refractivity contribution in [2.75, 3.05) is 11.9 Å². The summed E-state index contributed by atoms with van der Waals surface area (Å²) in [6.07, 6.45) is 3.46. The molecule has 0 saturated carbocycles. The Bertz CT molecular complexity index is 841. The summed E-state index contributed by atoms with van der Waals surface area (Å²) in [5, 5.41) is 17.6. The summed E-state index contributed by atoms with van der Waals surface area (Å²) < 4.78 is 1.79. The zero-order valence-electron chi connectivity index (χ0n) is 13.7. The average Bonchev–Trinajstić information content (AvgIpc) is 3.01. The van der Waals surface area contributed by atoms with Crippen LogP contribution >= 0.6 is 11.6 Å². The van der Waals surface area contributed by atoms with E-state index in [-0.39, 0.29) is 18.4 Å². The van der Waals surface area contributed by atoms with Crippen molar-refractivity contribution in [3.63, 3.8) is 0 Å². The lowest BCUT2D eigenvalue weighted by Crippen LogP contribution is -2.31. The first-order valence-corrected chi connectivity index (χ1v) is 8.90. The van der Waals surface area contributed by atoms with E-state index in [2.05, 4.69) is 15.4 Å². The topological polar surface area (TPSA) is 80.0 Å². The number of hydrogen-bond acceptors (Lipinski definition) is 5. The van der Waals surface area contributed by atoms with Gasteiger partial charge in [0.1, 0.15) is 6.04 Å². The maximum atomic E-state index is 12.6. The van der Waals surface area contributed by atoms with Crippen molar-refractivity contribution in [2.24, 2.45) is 0 Å². The van der Waals surface area contributed by atoms with Crippen molar-refractivity contribution in [3.05, 3.63) is 51.9 Å². The van der Waals surface area contributed by atoms with Gasteiger partial charge in [-0.1, -0.05) is 23.7 Å². The number of fused-ring (bicyclic) bond motifs is 1. The van der Waals surface area contributed by atoms with Crippen LogP contribution in [0, 0.1) is 0 Å². The Hall–Kier alpha value is -2.18. The number of carbonyl (C=O) groups is 1. The van der Waals surface area contributed by atoms with Crippen molar-refractivity contribution in [2.45, 2.75) is 38.1 Å². The Balaban J connectivity index is 1.82. The lowest BCUT2D eigenvalue weighted by molar-refractivity contribution is -0.116. The molecule has 0 fully saturated rings. The van der Waals surface area contributed by atoms with Crippen LogP contribution in [0.15, 0.2) is 35.5 Å². The molecular formula is C18H19ClN4O2. The summed E-state index contributed by atoms with van der Waals surface area (Å²) in [4.78, 5) is 17.2. The molecule has 0 radical (unpaired) electrons. The molecule has 1 aliphatic heterocycles. The third-order valence-corrected chi connectivity index (χ3v) is 4.91. The smallest absolute Gasteiger partial charge is 0.226 e. The largest absolute Gasteiger partial charge is 0.396 e. The quantitative estimate of drug-likeness (QED) is 0.878. The van der Waals surface area contributed by atoms with Crippen LogP contribution in [0.2, 0.25) is 5.02 Å². The molecule has 2 aromatic rings. The number of hydrogen-bond donors (Lipinski definition) is 2. The van der Waals surface area contributed by atoms with Crippen LogP contribution in [0.4, 0.5) is 5.95 Å². The van der Waals surface area contributed by atoms with Crippen molar-refractivity contribution in [1.82, 2.24) is 14.8 Å². The van der Waals surface area contributed by atoms with Gasteiger partial charge in [-0.25, -0.2) is 4.68 Å². The molecule has 2 N–H and O–H groups in total. The molecule has 1 aliphatic carbocycles. The van der Waals surface area contributed by atoms with Gasteiger partial charge in [0.2, 0.25) is 5.95 Å². The van der Waals surface area contributed by atoms with Gasteiger partial charge in [-0.05, 0) is 37.0 Å². The number of ketones is 1. The molecule has 7 heteroatoms. The molecule has 0 saturated heterocycles. The van der Waals surface area contributed by atoms with Crippen molar-refractivity contribution < 1.29 is 9.90 Å². The number of aromatic nitrogens is 3. The molecule has 0 spiro atoms. The zero-order valence-corrected chi connectivity index (χ0v) is 14.5. The molecule has 4 rings (SSSR count). The summed E-state index contributed by atoms with van der Waals surface area (Å²) in [6.45, 7) is 0.102. The maximum Gasteiger partial charge on any atom is 0.226 e.